The van der Waals surface area contributed by atoms with Gasteiger partial charge in [-0.15, -0.1) is 0 Å². The van der Waals surface area contributed by atoms with Crippen molar-refractivity contribution in [3.8, 4) is 0 Å². The highest BCUT2D eigenvalue weighted by atomic mass is 19.4. The fourth-order valence-electron chi connectivity index (χ4n) is 2.68. The van der Waals surface area contributed by atoms with Crippen LogP contribution in [-0.4, -0.2) is 60.0 Å². The Balaban J connectivity index is 2.06. The molecule has 0 N–H and O–H groups in total. The number of nitrogens with zero attached hydrogens (tertiary/aromatic N) is 2. The summed E-state index contributed by atoms with van der Waals surface area (Å²) in [6, 6.07) is 0. The lowest BCUT2D eigenvalue weighted by Crippen LogP contribution is -2.50. The Morgan fingerprint density at radius 2 is 1.75 bits per heavy atom. The Labute approximate surface area is 138 Å². The van der Waals surface area contributed by atoms with Gasteiger partial charge in [-0.25, -0.2) is 9.18 Å². The van der Waals surface area contributed by atoms with Gasteiger partial charge < -0.3 is 14.5 Å². The smallest absolute Gasteiger partial charge is 0.414 e. The van der Waals surface area contributed by atoms with E-state index < -0.39 is 36.0 Å². The van der Waals surface area contributed by atoms with Crippen molar-refractivity contribution in [2.75, 3.05) is 26.2 Å². The summed E-state index contributed by atoms with van der Waals surface area (Å²) in [6.07, 6.45) is -4.98. The van der Waals surface area contributed by atoms with Crippen molar-refractivity contribution < 1.29 is 27.1 Å². The van der Waals surface area contributed by atoms with E-state index in [1.54, 1.807) is 25.7 Å². The van der Waals surface area contributed by atoms with Gasteiger partial charge in [0.2, 0.25) is 0 Å². The average Bonchev–Trinajstić information content (AvgIpc) is 2.44. The minimum Gasteiger partial charge on any atom is -0.444 e. The molecule has 1 fully saturated rings. The van der Waals surface area contributed by atoms with Gasteiger partial charge in [-0.3, -0.25) is 0 Å². The summed E-state index contributed by atoms with van der Waals surface area (Å²) in [5.74, 6) is 0. The Bertz CT molecular complexity index is 541. The van der Waals surface area contributed by atoms with Crippen LogP contribution in [0.4, 0.5) is 22.4 Å². The summed E-state index contributed by atoms with van der Waals surface area (Å²) in [5, 5.41) is 0. The summed E-state index contributed by atoms with van der Waals surface area (Å²) < 4.78 is 58.0. The lowest BCUT2D eigenvalue weighted by molar-refractivity contribution is -0.0978. The van der Waals surface area contributed by atoms with E-state index in [0.29, 0.717) is 0 Å². The van der Waals surface area contributed by atoms with E-state index in [4.69, 9.17) is 4.74 Å². The quantitative estimate of drug-likeness (QED) is 0.677. The minimum atomic E-state index is -4.56. The number of alkyl halides is 4. The van der Waals surface area contributed by atoms with Crippen molar-refractivity contribution in [1.82, 2.24) is 9.80 Å². The van der Waals surface area contributed by atoms with Gasteiger partial charge in [-0.1, -0.05) is 0 Å². The lowest BCUT2D eigenvalue weighted by atomic mass is 9.99. The molecular formula is C16H22F4N2O2. The third-order valence-electron chi connectivity index (χ3n) is 3.79. The van der Waals surface area contributed by atoms with Crippen LogP contribution in [0.5, 0.6) is 0 Å². The Morgan fingerprint density at radius 3 is 2.25 bits per heavy atom. The van der Waals surface area contributed by atoms with Crippen LogP contribution in [0.25, 0.3) is 0 Å². The first kappa shape index (κ1) is 18.6. The van der Waals surface area contributed by atoms with E-state index in [1.807, 2.05) is 0 Å². The fourth-order valence-corrected chi connectivity index (χ4v) is 2.68. The first-order valence-corrected chi connectivity index (χ1v) is 7.83. The number of carbonyl (C=O) groups excluding carboxylic acids is 1. The van der Waals surface area contributed by atoms with Crippen LogP contribution in [0.15, 0.2) is 23.4 Å². The molecule has 0 aromatic carbocycles. The fraction of sp³-hybridized carbons (Fsp3) is 0.688. The van der Waals surface area contributed by atoms with Crippen molar-refractivity contribution in [3.63, 3.8) is 0 Å². The number of hydrogen-bond acceptors (Lipinski definition) is 3. The summed E-state index contributed by atoms with van der Waals surface area (Å²) in [4.78, 5) is 15.0. The van der Waals surface area contributed by atoms with Crippen LogP contribution in [0.1, 0.15) is 27.2 Å². The zero-order valence-corrected chi connectivity index (χ0v) is 14.0. The number of amides is 1. The SMILES string of the molecule is CC(C)(C)OC(=O)N1CCN(C2=C(C(F)(F)F)CC(F)C=C2)CC1. The van der Waals surface area contributed by atoms with E-state index >= 15 is 0 Å². The summed E-state index contributed by atoms with van der Waals surface area (Å²) in [5.41, 5.74) is -1.47. The van der Waals surface area contributed by atoms with Crippen molar-refractivity contribution in [3.05, 3.63) is 23.4 Å². The molecule has 0 radical (unpaired) electrons. The number of carbonyl (C=O) groups is 1. The number of piperazine rings is 1. The third-order valence-corrected chi connectivity index (χ3v) is 3.79. The van der Waals surface area contributed by atoms with Gasteiger partial charge in [0.15, 0.2) is 0 Å². The van der Waals surface area contributed by atoms with Crippen LogP contribution >= 0.6 is 0 Å². The zero-order chi connectivity index (χ0) is 18.1. The van der Waals surface area contributed by atoms with E-state index in [2.05, 4.69) is 0 Å². The first-order valence-electron chi connectivity index (χ1n) is 7.83. The standard InChI is InChI=1S/C16H22F4N2O2/c1-15(2,3)24-14(23)22-8-6-21(7-9-22)13-5-4-11(17)10-12(13)16(18,19)20/h4-5,11H,6-10H2,1-3H3. The van der Waals surface area contributed by atoms with Gasteiger partial charge in [0.25, 0.3) is 0 Å². The molecule has 1 atom stereocenters. The lowest BCUT2D eigenvalue weighted by Gasteiger charge is -2.39. The molecule has 1 amide bonds. The number of allylic oxidation sites excluding steroid dienone is 3. The molecule has 1 heterocycles. The Kier molecular flexibility index (Phi) is 5.15. The van der Waals surface area contributed by atoms with Gasteiger partial charge in [0, 0.05) is 38.3 Å². The maximum atomic E-state index is 13.3. The summed E-state index contributed by atoms with van der Waals surface area (Å²) >= 11 is 0. The van der Waals surface area contributed by atoms with Crippen molar-refractivity contribution >= 4 is 6.09 Å². The normalized spacial score (nSPS) is 22.9. The van der Waals surface area contributed by atoms with E-state index in [-0.39, 0.29) is 31.9 Å². The second kappa shape index (κ2) is 6.64. The van der Waals surface area contributed by atoms with Crippen molar-refractivity contribution in [2.45, 2.75) is 45.1 Å². The largest absolute Gasteiger partial charge is 0.444 e. The molecule has 0 aromatic rings. The predicted molar refractivity (Wildman–Crippen MR) is 81.1 cm³/mol. The van der Waals surface area contributed by atoms with E-state index in [0.717, 1.165) is 6.08 Å². The van der Waals surface area contributed by atoms with Crippen LogP contribution in [0.3, 0.4) is 0 Å². The molecule has 24 heavy (non-hydrogen) atoms. The molecule has 2 aliphatic rings. The maximum absolute atomic E-state index is 13.3. The average molecular weight is 350 g/mol. The highest BCUT2D eigenvalue weighted by Gasteiger charge is 2.40. The molecule has 136 valence electrons. The van der Waals surface area contributed by atoms with Gasteiger partial charge in [0.05, 0.1) is 5.57 Å². The van der Waals surface area contributed by atoms with E-state index in [9.17, 15) is 22.4 Å². The number of hydrogen-bond donors (Lipinski definition) is 0. The highest BCUT2D eigenvalue weighted by molar-refractivity contribution is 5.68. The monoisotopic (exact) mass is 350 g/mol. The minimum absolute atomic E-state index is 0.000221. The molecule has 1 aliphatic heterocycles. The second-order valence-corrected chi connectivity index (χ2v) is 6.90. The van der Waals surface area contributed by atoms with E-state index in [1.165, 1.54) is 11.0 Å². The molecule has 4 nitrogen and oxygen atoms in total. The Morgan fingerprint density at radius 1 is 1.17 bits per heavy atom. The molecule has 0 saturated carbocycles. The van der Waals surface area contributed by atoms with Crippen molar-refractivity contribution in [2.24, 2.45) is 0 Å². The maximum Gasteiger partial charge on any atom is 0.414 e. The molecule has 1 unspecified atom stereocenters. The number of ether oxygens (including phenoxy) is 1. The van der Waals surface area contributed by atoms with Crippen LogP contribution in [-0.2, 0) is 4.74 Å². The van der Waals surface area contributed by atoms with Crippen LogP contribution in [0.2, 0.25) is 0 Å². The molecule has 1 saturated heterocycles. The topological polar surface area (TPSA) is 32.8 Å². The Hall–Kier alpha value is -1.73. The third kappa shape index (κ3) is 4.64. The molecule has 0 aromatic heterocycles. The zero-order valence-electron chi connectivity index (χ0n) is 14.0. The van der Waals surface area contributed by atoms with Gasteiger partial charge >= 0.3 is 12.3 Å². The molecular weight excluding hydrogens is 328 g/mol. The van der Waals surface area contributed by atoms with Gasteiger partial charge in [-0.2, -0.15) is 13.2 Å². The highest BCUT2D eigenvalue weighted by Crippen LogP contribution is 2.37. The molecule has 1 aliphatic carbocycles. The number of rotatable bonds is 1. The van der Waals surface area contributed by atoms with Gasteiger partial charge in [0.1, 0.15) is 11.8 Å². The molecule has 8 heteroatoms. The first-order chi connectivity index (χ1) is 11.0. The summed E-state index contributed by atoms with van der Waals surface area (Å²) in [7, 11) is 0. The van der Waals surface area contributed by atoms with Crippen LogP contribution < -0.4 is 0 Å². The van der Waals surface area contributed by atoms with Crippen LogP contribution in [0, 0.1) is 0 Å². The predicted octanol–water partition coefficient (Wildman–Crippen LogP) is 3.65. The second-order valence-electron chi connectivity index (χ2n) is 6.90. The molecule has 2 rings (SSSR count). The van der Waals surface area contributed by atoms with Crippen molar-refractivity contribution in [1.29, 1.82) is 0 Å². The molecule has 0 spiro atoms. The van der Waals surface area contributed by atoms with Gasteiger partial charge in [-0.05, 0) is 32.9 Å². The number of halogens is 4. The molecule has 0 bridgehead atoms. The summed E-state index contributed by atoms with van der Waals surface area (Å²) in [6.45, 7) is 6.27.